The van der Waals surface area contributed by atoms with Crippen LogP contribution in [0.3, 0.4) is 0 Å². The van der Waals surface area contributed by atoms with Gasteiger partial charge in [-0.25, -0.2) is 9.97 Å². The van der Waals surface area contributed by atoms with Crippen LogP contribution in [0.1, 0.15) is 80.9 Å². The lowest BCUT2D eigenvalue weighted by molar-refractivity contribution is 0.0952. The monoisotopic (exact) mass is 521 g/mol. The van der Waals surface area contributed by atoms with Gasteiger partial charge in [-0.05, 0) is 74.8 Å². The number of carbonyl (C=O) groups excluding carboxylic acids is 1. The molecule has 38 heavy (non-hydrogen) atoms. The zero-order chi connectivity index (χ0) is 27.2. The van der Waals surface area contributed by atoms with Crippen LogP contribution in [0.25, 0.3) is 0 Å². The second kappa shape index (κ2) is 16.1. The minimum atomic E-state index is -0.00366. The van der Waals surface area contributed by atoms with E-state index in [-0.39, 0.29) is 5.91 Å². The van der Waals surface area contributed by atoms with Crippen molar-refractivity contribution in [2.24, 2.45) is 11.8 Å². The van der Waals surface area contributed by atoms with Crippen molar-refractivity contribution in [2.45, 2.75) is 73.0 Å². The lowest BCUT2D eigenvalue weighted by atomic mass is 10.1. The maximum absolute atomic E-state index is 12.7. The molecule has 208 valence electrons. The van der Waals surface area contributed by atoms with Crippen molar-refractivity contribution in [2.75, 3.05) is 26.2 Å². The van der Waals surface area contributed by atoms with E-state index in [4.69, 9.17) is 0 Å². The smallest absolute Gasteiger partial charge is 0.251 e. The Hall–Kier alpha value is -2.97. The van der Waals surface area contributed by atoms with E-state index in [1.54, 1.807) is 12.4 Å². The second-order valence-electron chi connectivity index (χ2n) is 11.1. The number of nitrogens with one attached hydrogen (secondary N) is 3. The fourth-order valence-corrected chi connectivity index (χ4v) is 4.36. The van der Waals surface area contributed by atoms with E-state index in [0.717, 1.165) is 55.0 Å². The third-order valence-electron chi connectivity index (χ3n) is 6.71. The molecular formula is C30H47N7O. The summed E-state index contributed by atoms with van der Waals surface area (Å²) in [5, 5.41) is 3.10. The van der Waals surface area contributed by atoms with Gasteiger partial charge in [-0.2, -0.15) is 0 Å². The molecule has 0 bridgehead atoms. The molecule has 0 spiro atoms. The van der Waals surface area contributed by atoms with Crippen molar-refractivity contribution in [1.29, 1.82) is 0 Å². The van der Waals surface area contributed by atoms with Crippen LogP contribution in [-0.4, -0.2) is 61.8 Å². The number of amides is 1. The molecule has 0 saturated heterocycles. The minimum absolute atomic E-state index is 0.00366. The number of hydrogen-bond acceptors (Lipinski definition) is 5. The van der Waals surface area contributed by atoms with Gasteiger partial charge in [0.15, 0.2) is 0 Å². The number of aromatic amines is 2. The molecule has 0 fully saturated rings. The van der Waals surface area contributed by atoms with Gasteiger partial charge in [0.2, 0.25) is 0 Å². The minimum Gasteiger partial charge on any atom is -0.352 e. The van der Waals surface area contributed by atoms with Gasteiger partial charge in [0.05, 0.1) is 13.1 Å². The molecule has 0 aliphatic rings. The lowest BCUT2D eigenvalue weighted by Gasteiger charge is -2.24. The average Bonchev–Trinajstić information content (AvgIpc) is 3.59. The van der Waals surface area contributed by atoms with Gasteiger partial charge in [0, 0.05) is 43.4 Å². The van der Waals surface area contributed by atoms with E-state index in [1.165, 1.54) is 25.9 Å². The molecule has 3 rings (SSSR count). The number of nitrogens with zero attached hydrogens (tertiary/aromatic N) is 4. The van der Waals surface area contributed by atoms with Crippen molar-refractivity contribution in [3.63, 3.8) is 0 Å². The van der Waals surface area contributed by atoms with Gasteiger partial charge in [0.1, 0.15) is 11.6 Å². The maximum atomic E-state index is 12.7. The highest BCUT2D eigenvalue weighted by atomic mass is 16.1. The van der Waals surface area contributed by atoms with E-state index < -0.39 is 0 Å². The summed E-state index contributed by atoms with van der Waals surface area (Å²) < 4.78 is 0. The van der Waals surface area contributed by atoms with Crippen molar-refractivity contribution in [3.05, 3.63) is 71.8 Å². The summed E-state index contributed by atoms with van der Waals surface area (Å²) in [7, 11) is 0. The Labute approximate surface area is 228 Å². The molecule has 3 N–H and O–H groups in total. The van der Waals surface area contributed by atoms with Crippen LogP contribution in [0.15, 0.2) is 49.1 Å². The summed E-state index contributed by atoms with van der Waals surface area (Å²) in [6.07, 6.45) is 11.8. The van der Waals surface area contributed by atoms with Gasteiger partial charge < -0.3 is 20.2 Å². The first-order valence-electron chi connectivity index (χ1n) is 14.2. The summed E-state index contributed by atoms with van der Waals surface area (Å²) >= 11 is 0. The number of unbranched alkanes of at least 4 members (excludes halogenated alkanes) is 1. The molecule has 1 aromatic carbocycles. The van der Waals surface area contributed by atoms with E-state index in [1.807, 2.05) is 36.7 Å². The third-order valence-corrected chi connectivity index (χ3v) is 6.71. The lowest BCUT2D eigenvalue weighted by Crippen LogP contribution is -2.30. The van der Waals surface area contributed by atoms with Crippen LogP contribution in [0.4, 0.5) is 0 Å². The van der Waals surface area contributed by atoms with Crippen LogP contribution < -0.4 is 5.32 Å². The molecule has 2 aromatic heterocycles. The molecular weight excluding hydrogens is 474 g/mol. The number of rotatable bonds is 18. The molecule has 0 saturated carbocycles. The fourth-order valence-electron chi connectivity index (χ4n) is 4.36. The molecule has 3 aromatic rings. The second-order valence-corrected chi connectivity index (χ2v) is 11.1. The molecule has 1 amide bonds. The number of H-pyrrole nitrogens is 2. The normalized spacial score (nSPS) is 11.8. The number of benzene rings is 1. The standard InChI is InChI=1S/C30H47N7O/c1-24(2)11-19-36(20-12-25(3)4)18-6-5-13-35-30(38)27-9-7-26(8-10-27)21-37(22-28-31-14-15-32-28)23-29-33-16-17-34-29/h7-10,14-17,24-25H,5-6,11-13,18-23H2,1-4H3,(H,31,32)(H,33,34)(H,35,38). The number of aromatic nitrogens is 4. The van der Waals surface area contributed by atoms with E-state index in [9.17, 15) is 4.79 Å². The Balaban J connectivity index is 1.42. The summed E-state index contributed by atoms with van der Waals surface area (Å²) in [5.74, 6) is 3.29. The zero-order valence-electron chi connectivity index (χ0n) is 23.7. The molecule has 0 aliphatic heterocycles. The van der Waals surface area contributed by atoms with Gasteiger partial charge in [0.25, 0.3) is 5.91 Å². The molecule has 0 radical (unpaired) electrons. The van der Waals surface area contributed by atoms with E-state index >= 15 is 0 Å². The summed E-state index contributed by atoms with van der Waals surface area (Å²) in [4.78, 5) is 32.6. The highest BCUT2D eigenvalue weighted by molar-refractivity contribution is 5.94. The highest BCUT2D eigenvalue weighted by Gasteiger charge is 2.12. The summed E-state index contributed by atoms with van der Waals surface area (Å²) in [6, 6.07) is 7.91. The zero-order valence-corrected chi connectivity index (χ0v) is 23.7. The molecule has 8 heteroatoms. The number of hydrogen-bond donors (Lipinski definition) is 3. The van der Waals surface area contributed by atoms with Crippen LogP contribution >= 0.6 is 0 Å². The van der Waals surface area contributed by atoms with E-state index in [2.05, 4.69) is 62.7 Å². The maximum Gasteiger partial charge on any atom is 0.251 e. The van der Waals surface area contributed by atoms with Gasteiger partial charge in [-0.3, -0.25) is 9.69 Å². The number of imidazole rings is 2. The molecule has 8 nitrogen and oxygen atoms in total. The van der Waals surface area contributed by atoms with Crippen molar-refractivity contribution in [3.8, 4) is 0 Å². The first-order chi connectivity index (χ1) is 18.4. The van der Waals surface area contributed by atoms with Crippen molar-refractivity contribution in [1.82, 2.24) is 35.1 Å². The predicted molar refractivity (Wildman–Crippen MR) is 153 cm³/mol. The Bertz CT molecular complexity index is 965. The Kier molecular flexibility index (Phi) is 12.5. The Morgan fingerprint density at radius 1 is 0.789 bits per heavy atom. The molecule has 2 heterocycles. The summed E-state index contributed by atoms with van der Waals surface area (Å²) in [5.41, 5.74) is 1.84. The first-order valence-corrected chi connectivity index (χ1v) is 14.2. The Morgan fingerprint density at radius 2 is 1.37 bits per heavy atom. The predicted octanol–water partition coefficient (Wildman–Crippen LogP) is 5.24. The third kappa shape index (κ3) is 11.2. The van der Waals surface area contributed by atoms with Crippen LogP contribution in [0, 0.1) is 11.8 Å². The van der Waals surface area contributed by atoms with E-state index in [0.29, 0.717) is 25.2 Å². The van der Waals surface area contributed by atoms with Crippen molar-refractivity contribution >= 4 is 5.91 Å². The fraction of sp³-hybridized carbons (Fsp3) is 0.567. The quantitative estimate of drug-likeness (QED) is 0.199. The number of carbonyl (C=O) groups is 1. The molecule has 0 aliphatic carbocycles. The molecule has 0 unspecified atom stereocenters. The van der Waals surface area contributed by atoms with Gasteiger partial charge in [-0.15, -0.1) is 0 Å². The highest BCUT2D eigenvalue weighted by Crippen LogP contribution is 2.13. The van der Waals surface area contributed by atoms with Gasteiger partial charge in [-0.1, -0.05) is 39.8 Å². The molecule has 0 atom stereocenters. The largest absolute Gasteiger partial charge is 0.352 e. The SMILES string of the molecule is CC(C)CCN(CCCCNC(=O)c1ccc(CN(Cc2ncc[nH]2)Cc2ncc[nH]2)cc1)CCC(C)C. The average molecular weight is 522 g/mol. The van der Waals surface area contributed by atoms with Crippen LogP contribution in [0.2, 0.25) is 0 Å². The van der Waals surface area contributed by atoms with Crippen molar-refractivity contribution < 1.29 is 4.79 Å². The first kappa shape index (κ1) is 29.6. The Morgan fingerprint density at radius 3 is 1.87 bits per heavy atom. The van der Waals surface area contributed by atoms with Crippen LogP contribution in [-0.2, 0) is 19.6 Å². The topological polar surface area (TPSA) is 92.9 Å². The summed E-state index contributed by atoms with van der Waals surface area (Å²) in [6.45, 7) is 15.4. The van der Waals surface area contributed by atoms with Gasteiger partial charge >= 0.3 is 0 Å². The van der Waals surface area contributed by atoms with Crippen LogP contribution in [0.5, 0.6) is 0 Å².